The van der Waals surface area contributed by atoms with Crippen molar-refractivity contribution in [1.29, 1.82) is 0 Å². The second-order valence-electron chi connectivity index (χ2n) is 18.1. The lowest BCUT2D eigenvalue weighted by Gasteiger charge is -2.55. The molecule has 2 saturated carbocycles. The first-order valence-corrected chi connectivity index (χ1v) is 22.0. The minimum absolute atomic E-state index is 0.000209. The number of nitrogens with one attached hydrogen (secondary N) is 3. The van der Waals surface area contributed by atoms with Gasteiger partial charge in [0.15, 0.2) is 17.2 Å². The molecule has 0 unspecified atom stereocenters. The van der Waals surface area contributed by atoms with Gasteiger partial charge >= 0.3 is 6.03 Å². The van der Waals surface area contributed by atoms with Gasteiger partial charge in [0.25, 0.3) is 11.8 Å². The lowest BCUT2D eigenvalue weighted by Crippen LogP contribution is -2.55. The van der Waals surface area contributed by atoms with Crippen molar-refractivity contribution in [2.24, 2.45) is 5.41 Å². The molecule has 0 bridgehead atoms. The number of alkyl halides is 1. The zero-order valence-electron chi connectivity index (χ0n) is 36.0. The Hall–Kier alpha value is -6.49. The highest BCUT2D eigenvalue weighted by Crippen LogP contribution is 2.58. The van der Waals surface area contributed by atoms with Crippen LogP contribution in [0.15, 0.2) is 60.9 Å². The van der Waals surface area contributed by atoms with E-state index in [1.165, 1.54) is 17.0 Å². The van der Waals surface area contributed by atoms with Gasteiger partial charge in [-0.05, 0) is 98.2 Å². The topological polar surface area (TPSA) is 166 Å². The number of aromatic nitrogens is 4. The predicted molar refractivity (Wildman–Crippen MR) is 235 cm³/mol. The largest absolute Gasteiger partial charge is 0.385 e. The Bertz CT molecular complexity index is 2710. The summed E-state index contributed by atoms with van der Waals surface area (Å²) in [5.41, 5.74) is 5.48. The molecule has 2 atom stereocenters. The number of anilines is 4. The average Bonchev–Trinajstić information content (AvgIpc) is 3.90. The Morgan fingerprint density at radius 1 is 0.953 bits per heavy atom. The average molecular weight is 873 g/mol. The molecule has 6 heterocycles. The van der Waals surface area contributed by atoms with Crippen LogP contribution in [0.5, 0.6) is 0 Å². The van der Waals surface area contributed by atoms with Gasteiger partial charge in [-0.3, -0.25) is 29.6 Å². The number of rotatable bonds is 10. The van der Waals surface area contributed by atoms with E-state index in [0.29, 0.717) is 73.7 Å². The van der Waals surface area contributed by atoms with E-state index in [0.717, 1.165) is 53.0 Å². The molecule has 3 aliphatic heterocycles. The van der Waals surface area contributed by atoms with Crippen LogP contribution in [0, 0.1) is 18.2 Å². The number of hydrogen-bond acceptors (Lipinski definition) is 10. The number of nitrogens with zero attached hydrogens (tertiary/aromatic N) is 7. The summed E-state index contributed by atoms with van der Waals surface area (Å²) in [6.45, 7) is 3.23. The van der Waals surface area contributed by atoms with E-state index < -0.39 is 23.4 Å². The summed E-state index contributed by atoms with van der Waals surface area (Å²) in [5.74, 6) is -1.10. The van der Waals surface area contributed by atoms with Gasteiger partial charge in [-0.2, -0.15) is 0 Å². The molecule has 15 nitrogen and oxygen atoms in total. The molecule has 17 heteroatoms. The van der Waals surface area contributed by atoms with Crippen molar-refractivity contribution in [3.63, 3.8) is 0 Å². The first-order valence-electron chi connectivity index (χ1n) is 22.0. The quantitative estimate of drug-likeness (QED) is 0.145. The van der Waals surface area contributed by atoms with E-state index in [-0.39, 0.29) is 54.3 Å². The lowest BCUT2D eigenvalue weighted by molar-refractivity contribution is -0.120. The fourth-order valence-corrected chi connectivity index (χ4v) is 10.6. The van der Waals surface area contributed by atoms with E-state index >= 15 is 8.78 Å². The Balaban J connectivity index is 0.784. The molecule has 3 N–H and O–H groups in total. The highest BCUT2D eigenvalue weighted by Gasteiger charge is 2.56. The Labute approximate surface area is 368 Å². The third kappa shape index (κ3) is 7.28. The number of halogens is 2. The van der Waals surface area contributed by atoms with Crippen LogP contribution in [0.4, 0.5) is 36.5 Å². The number of fused-ring (bicyclic) bond motifs is 2. The van der Waals surface area contributed by atoms with Crippen molar-refractivity contribution in [1.82, 2.24) is 35.1 Å². The number of pyridine rings is 1. The fraction of sp³-hybridized carbons (Fsp3) is 0.426. The highest BCUT2D eigenvalue weighted by molar-refractivity contribution is 6.06. The number of imide groups is 1. The van der Waals surface area contributed by atoms with Crippen molar-refractivity contribution in [2.45, 2.75) is 82.5 Å². The minimum atomic E-state index is -1.39. The molecule has 3 aromatic heterocycles. The summed E-state index contributed by atoms with van der Waals surface area (Å²) in [5, 5.41) is 13.5. The number of urea groups is 1. The van der Waals surface area contributed by atoms with Crippen molar-refractivity contribution >= 4 is 52.3 Å². The molecule has 4 fully saturated rings. The number of methoxy groups -OCH3 is 1. The molecular formula is C47H50F2N10O5. The normalized spacial score (nSPS) is 21.0. The predicted octanol–water partition coefficient (Wildman–Crippen LogP) is 6.30. The summed E-state index contributed by atoms with van der Waals surface area (Å²) >= 11 is 0. The molecule has 2 aromatic carbocycles. The first kappa shape index (κ1) is 41.5. The Morgan fingerprint density at radius 3 is 2.45 bits per heavy atom. The van der Waals surface area contributed by atoms with Crippen molar-refractivity contribution < 1.29 is 32.7 Å². The van der Waals surface area contributed by atoms with E-state index in [1.807, 2.05) is 31.3 Å². The van der Waals surface area contributed by atoms with Crippen molar-refractivity contribution in [2.75, 3.05) is 55.5 Å². The van der Waals surface area contributed by atoms with Gasteiger partial charge < -0.3 is 25.2 Å². The second kappa shape index (κ2) is 15.9. The molecular weight excluding hydrogens is 823 g/mol. The van der Waals surface area contributed by atoms with E-state index in [4.69, 9.17) is 14.8 Å². The molecule has 5 aromatic rings. The third-order valence-electron chi connectivity index (χ3n) is 14.1. The fourth-order valence-electron chi connectivity index (χ4n) is 10.6. The third-order valence-corrected chi connectivity index (χ3v) is 14.1. The van der Waals surface area contributed by atoms with Gasteiger partial charge in [0.05, 0.1) is 35.3 Å². The van der Waals surface area contributed by atoms with Crippen LogP contribution >= 0.6 is 0 Å². The van der Waals surface area contributed by atoms with E-state index in [9.17, 15) is 19.2 Å². The number of aryl methyl sites for hydroxylation is 1. The van der Waals surface area contributed by atoms with E-state index in [1.54, 1.807) is 35.8 Å². The van der Waals surface area contributed by atoms with Crippen LogP contribution in [-0.2, 0) is 22.4 Å². The Kier molecular flexibility index (Phi) is 10.3. The van der Waals surface area contributed by atoms with Crippen LogP contribution in [0.25, 0.3) is 16.9 Å². The van der Waals surface area contributed by atoms with E-state index in [2.05, 4.69) is 38.0 Å². The van der Waals surface area contributed by atoms with Gasteiger partial charge in [-0.1, -0.05) is 18.2 Å². The van der Waals surface area contributed by atoms with Gasteiger partial charge in [0, 0.05) is 82.4 Å². The minimum Gasteiger partial charge on any atom is -0.385 e. The molecule has 332 valence electrons. The van der Waals surface area contributed by atoms with Crippen molar-refractivity contribution in [3.05, 3.63) is 94.7 Å². The number of ether oxygens (including phenoxy) is 1. The SMILES string of the molecule is CNc1cc(N2CCc3c(-c4ccc(CC5(F)CC6(CCN(C(=O)c7cc(N8CCC(=O)NC8=O)c(C)cc7F)CC6)C5)cn4)cccc32)nn2c(C(=O)N[C@@H]3CC[C@H]3OC)cnc12. The Morgan fingerprint density at radius 2 is 1.75 bits per heavy atom. The zero-order valence-corrected chi connectivity index (χ0v) is 36.0. The number of benzene rings is 2. The molecule has 5 aliphatic rings. The van der Waals surface area contributed by atoms with Crippen LogP contribution in [0.1, 0.15) is 82.5 Å². The molecule has 2 aliphatic carbocycles. The molecule has 0 radical (unpaired) electrons. The monoisotopic (exact) mass is 872 g/mol. The standard InChI is InChI=1S/C47H50F2N10O5/c1-27-19-32(48)31(20-37(27)58-16-12-41(60)54-45(58)63)44(62)56-17-13-46(14-18-56)25-47(49,26-46)22-28-7-8-33(51-23-28)29-5-4-6-36-30(29)11-15-57(36)40-21-35(50-2)42-52-24-38(59(42)55-40)43(61)53-34-9-10-39(34)64-3/h4-8,19-21,23-24,34,39,50H,9-18,22,25-26H2,1-3H3,(H,53,61)(H,54,60,63)/t34-,39-/m1/s1. The molecule has 64 heavy (non-hydrogen) atoms. The van der Waals surface area contributed by atoms with Gasteiger partial charge in [-0.15, -0.1) is 5.10 Å². The number of likely N-dealkylation sites (tertiary alicyclic amines) is 1. The maximum absolute atomic E-state index is 16.4. The lowest BCUT2D eigenvalue weighted by atomic mass is 9.54. The van der Waals surface area contributed by atoms with Gasteiger partial charge in [-0.25, -0.2) is 23.1 Å². The molecule has 5 amide bonds. The number of hydrogen-bond donors (Lipinski definition) is 3. The first-order chi connectivity index (χ1) is 30.8. The highest BCUT2D eigenvalue weighted by atomic mass is 19.1. The summed E-state index contributed by atoms with van der Waals surface area (Å²) in [6.07, 6.45) is 8.17. The number of carbonyl (C=O) groups excluding carboxylic acids is 4. The summed E-state index contributed by atoms with van der Waals surface area (Å²) in [6, 6.07) is 14.0. The second-order valence-corrected chi connectivity index (χ2v) is 18.1. The van der Waals surface area contributed by atoms with Crippen LogP contribution in [0.2, 0.25) is 0 Å². The van der Waals surface area contributed by atoms with Gasteiger partial charge in [0.2, 0.25) is 5.91 Å². The van der Waals surface area contributed by atoms with Crippen LogP contribution < -0.4 is 25.8 Å². The molecule has 1 spiro atoms. The summed E-state index contributed by atoms with van der Waals surface area (Å²) < 4.78 is 38.6. The molecule has 2 saturated heterocycles. The zero-order chi connectivity index (χ0) is 44.5. The number of piperidine rings is 1. The smallest absolute Gasteiger partial charge is 0.328 e. The summed E-state index contributed by atoms with van der Waals surface area (Å²) in [4.78, 5) is 65.7. The number of imidazole rings is 1. The maximum Gasteiger partial charge on any atom is 0.328 e. The van der Waals surface area contributed by atoms with Crippen LogP contribution in [0.3, 0.4) is 0 Å². The van der Waals surface area contributed by atoms with Crippen molar-refractivity contribution in [3.8, 4) is 11.3 Å². The number of carbonyl (C=O) groups is 4. The number of amides is 5. The molecule has 10 rings (SSSR count). The summed E-state index contributed by atoms with van der Waals surface area (Å²) in [7, 11) is 3.47. The maximum atomic E-state index is 16.4. The van der Waals surface area contributed by atoms with Crippen LogP contribution in [-0.4, -0.2) is 106 Å². The van der Waals surface area contributed by atoms with Gasteiger partial charge in [0.1, 0.15) is 11.5 Å².